The molecule has 1 amide bonds. The van der Waals surface area contributed by atoms with Crippen LogP contribution in [0.15, 0.2) is 6.07 Å². The van der Waals surface area contributed by atoms with Gasteiger partial charge in [-0.2, -0.15) is 0 Å². The summed E-state index contributed by atoms with van der Waals surface area (Å²) in [7, 11) is 5.47. The minimum atomic E-state index is -0.149. The number of rotatable bonds is 0. The smallest absolute Gasteiger partial charge is 0.298 e. The maximum absolute atomic E-state index is 11.4. The van der Waals surface area contributed by atoms with Crippen LogP contribution in [0.5, 0.6) is 0 Å². The predicted octanol–water partition coefficient (Wildman–Crippen LogP) is 1.34. The molecule has 90 valence electrons. The van der Waals surface area contributed by atoms with Gasteiger partial charge in [-0.05, 0) is 43.2 Å². The summed E-state index contributed by atoms with van der Waals surface area (Å²) in [6, 6.07) is 2.13. The summed E-state index contributed by atoms with van der Waals surface area (Å²) >= 11 is 0. The van der Waals surface area contributed by atoms with Crippen LogP contribution in [0.3, 0.4) is 0 Å². The normalized spacial score (nSPS) is 13.6. The van der Waals surface area contributed by atoms with Gasteiger partial charge < -0.3 is 9.47 Å². The molecule has 0 unspecified atom stereocenters. The Labute approximate surface area is 102 Å². The summed E-state index contributed by atoms with van der Waals surface area (Å²) in [5.41, 5.74) is 3.74. The van der Waals surface area contributed by atoms with Gasteiger partial charge in [-0.3, -0.25) is 4.79 Å². The molecule has 17 heavy (non-hydrogen) atoms. The summed E-state index contributed by atoms with van der Waals surface area (Å²) in [6.45, 7) is 0. The van der Waals surface area contributed by atoms with E-state index in [2.05, 4.69) is 22.5 Å². The van der Waals surface area contributed by atoms with Gasteiger partial charge in [0.05, 0.1) is 5.69 Å². The van der Waals surface area contributed by atoms with Gasteiger partial charge in [-0.15, -0.1) is 0 Å². The zero-order valence-corrected chi connectivity index (χ0v) is 10.7. The Morgan fingerprint density at radius 3 is 2.71 bits per heavy atom. The number of aromatic nitrogens is 1. The van der Waals surface area contributed by atoms with Crippen LogP contribution in [0, 0.1) is 11.8 Å². The highest BCUT2D eigenvalue weighted by molar-refractivity contribution is 5.93. The van der Waals surface area contributed by atoms with E-state index >= 15 is 0 Å². The first kappa shape index (κ1) is 11.8. The molecule has 0 radical (unpaired) electrons. The quantitative estimate of drug-likeness (QED) is 0.617. The molecule has 0 aromatic carbocycles. The monoisotopic (exact) mass is 230 g/mol. The maximum atomic E-state index is 11.4. The van der Waals surface area contributed by atoms with E-state index in [9.17, 15) is 4.79 Å². The van der Waals surface area contributed by atoms with Crippen LogP contribution in [0.1, 0.15) is 29.8 Å². The van der Waals surface area contributed by atoms with Crippen LogP contribution in [-0.2, 0) is 24.7 Å². The molecule has 1 aromatic rings. The van der Waals surface area contributed by atoms with E-state index in [1.54, 1.807) is 14.1 Å². The van der Waals surface area contributed by atoms with Crippen molar-refractivity contribution in [2.75, 3.05) is 14.1 Å². The van der Waals surface area contributed by atoms with Crippen molar-refractivity contribution in [3.8, 4) is 11.8 Å². The Balaban J connectivity index is 2.28. The molecule has 0 fully saturated rings. The van der Waals surface area contributed by atoms with Crippen molar-refractivity contribution in [2.45, 2.75) is 25.7 Å². The van der Waals surface area contributed by atoms with Gasteiger partial charge in [0.15, 0.2) is 0 Å². The fourth-order valence-corrected chi connectivity index (χ4v) is 2.21. The summed E-state index contributed by atoms with van der Waals surface area (Å²) in [5, 5.41) is 0. The SMILES string of the molecule is CN(C)C(=O)C#Cc1cc2c(n1C)CCCC2. The summed E-state index contributed by atoms with van der Waals surface area (Å²) in [4.78, 5) is 12.9. The maximum Gasteiger partial charge on any atom is 0.298 e. The largest absolute Gasteiger partial charge is 0.341 e. The second-order valence-electron chi connectivity index (χ2n) is 4.72. The van der Waals surface area contributed by atoms with Gasteiger partial charge in [0.2, 0.25) is 0 Å². The minimum absolute atomic E-state index is 0.149. The van der Waals surface area contributed by atoms with E-state index in [4.69, 9.17) is 0 Å². The molecule has 3 heteroatoms. The Bertz CT molecular complexity index is 500. The van der Waals surface area contributed by atoms with Crippen molar-refractivity contribution < 1.29 is 4.79 Å². The topological polar surface area (TPSA) is 25.2 Å². The molecule has 1 heterocycles. The van der Waals surface area contributed by atoms with Gasteiger partial charge >= 0.3 is 0 Å². The molecular weight excluding hydrogens is 212 g/mol. The lowest BCUT2D eigenvalue weighted by Crippen LogP contribution is -2.19. The molecular formula is C14H18N2O. The van der Waals surface area contributed by atoms with Gasteiger partial charge in [0.25, 0.3) is 5.91 Å². The fraction of sp³-hybridized carbons (Fsp3) is 0.500. The van der Waals surface area contributed by atoms with Crippen LogP contribution in [0.4, 0.5) is 0 Å². The molecule has 1 aliphatic rings. The molecule has 2 rings (SSSR count). The van der Waals surface area contributed by atoms with Crippen LogP contribution in [0.2, 0.25) is 0 Å². The molecule has 0 saturated carbocycles. The zero-order chi connectivity index (χ0) is 12.4. The number of hydrogen-bond acceptors (Lipinski definition) is 1. The Hall–Kier alpha value is -1.69. The second kappa shape index (κ2) is 4.67. The molecule has 1 aliphatic carbocycles. The van der Waals surface area contributed by atoms with Gasteiger partial charge in [-0.25, -0.2) is 0 Å². The number of aryl methyl sites for hydroxylation is 1. The minimum Gasteiger partial charge on any atom is -0.341 e. The Kier molecular flexibility index (Phi) is 3.23. The van der Waals surface area contributed by atoms with Crippen molar-refractivity contribution in [2.24, 2.45) is 7.05 Å². The van der Waals surface area contributed by atoms with E-state index in [-0.39, 0.29) is 5.91 Å². The number of nitrogens with zero attached hydrogens (tertiary/aromatic N) is 2. The van der Waals surface area contributed by atoms with Gasteiger partial charge in [-0.1, -0.05) is 0 Å². The number of carbonyl (C=O) groups excluding carboxylic acids is 1. The van der Waals surface area contributed by atoms with E-state index in [0.717, 1.165) is 18.5 Å². The van der Waals surface area contributed by atoms with Gasteiger partial charge in [0, 0.05) is 32.8 Å². The number of hydrogen-bond donors (Lipinski definition) is 0. The van der Waals surface area contributed by atoms with E-state index in [1.807, 2.05) is 7.05 Å². The van der Waals surface area contributed by atoms with Crippen LogP contribution < -0.4 is 0 Å². The van der Waals surface area contributed by atoms with Crippen LogP contribution >= 0.6 is 0 Å². The fourth-order valence-electron chi connectivity index (χ4n) is 2.21. The Morgan fingerprint density at radius 1 is 1.35 bits per heavy atom. The third-order valence-electron chi connectivity index (χ3n) is 3.26. The zero-order valence-electron chi connectivity index (χ0n) is 10.7. The lowest BCUT2D eigenvalue weighted by molar-refractivity contribution is -0.122. The van der Waals surface area contributed by atoms with Crippen LogP contribution in [0.25, 0.3) is 0 Å². The van der Waals surface area contributed by atoms with Gasteiger partial charge in [0.1, 0.15) is 0 Å². The molecule has 0 aliphatic heterocycles. The molecule has 0 N–H and O–H groups in total. The van der Waals surface area contributed by atoms with Crippen molar-refractivity contribution in [3.63, 3.8) is 0 Å². The summed E-state index contributed by atoms with van der Waals surface area (Å²) < 4.78 is 2.13. The predicted molar refractivity (Wildman–Crippen MR) is 67.6 cm³/mol. The highest BCUT2D eigenvalue weighted by atomic mass is 16.2. The summed E-state index contributed by atoms with van der Waals surface area (Å²) in [6.07, 6.45) is 4.80. The molecule has 0 bridgehead atoms. The van der Waals surface area contributed by atoms with Crippen molar-refractivity contribution >= 4 is 5.91 Å². The average molecular weight is 230 g/mol. The first-order valence-corrected chi connectivity index (χ1v) is 6.00. The van der Waals surface area contributed by atoms with Crippen molar-refractivity contribution in [3.05, 3.63) is 23.0 Å². The molecule has 0 spiro atoms. The van der Waals surface area contributed by atoms with E-state index in [0.29, 0.717) is 0 Å². The number of carbonyl (C=O) groups is 1. The molecule has 0 saturated heterocycles. The molecule has 1 aromatic heterocycles. The highest BCUT2D eigenvalue weighted by Crippen LogP contribution is 2.23. The van der Waals surface area contributed by atoms with Crippen LogP contribution in [-0.4, -0.2) is 29.5 Å². The highest BCUT2D eigenvalue weighted by Gasteiger charge is 2.14. The van der Waals surface area contributed by atoms with Crippen molar-refractivity contribution in [1.82, 2.24) is 9.47 Å². The van der Waals surface area contributed by atoms with E-state index < -0.39 is 0 Å². The third-order valence-corrected chi connectivity index (χ3v) is 3.26. The third kappa shape index (κ3) is 2.36. The average Bonchev–Trinajstić information content (AvgIpc) is 2.64. The lowest BCUT2D eigenvalue weighted by Gasteiger charge is -2.12. The second-order valence-corrected chi connectivity index (χ2v) is 4.72. The first-order chi connectivity index (χ1) is 8.09. The first-order valence-electron chi connectivity index (χ1n) is 6.00. The number of amides is 1. The lowest BCUT2D eigenvalue weighted by atomic mass is 9.98. The van der Waals surface area contributed by atoms with E-state index in [1.165, 1.54) is 29.0 Å². The Morgan fingerprint density at radius 2 is 2.06 bits per heavy atom. The summed E-state index contributed by atoms with van der Waals surface area (Å²) in [5.74, 6) is 5.49. The van der Waals surface area contributed by atoms with Crippen molar-refractivity contribution in [1.29, 1.82) is 0 Å². The molecule has 0 atom stereocenters. The standard InChI is InChI=1S/C14H18N2O/c1-15(2)14(17)9-8-12-10-11-6-4-5-7-13(11)16(12)3/h10H,4-7H2,1-3H3. The number of fused-ring (bicyclic) bond motifs is 1. The molecule has 3 nitrogen and oxygen atoms in total.